The molecule has 140 valence electrons. The topological polar surface area (TPSA) is 52.6 Å². The zero-order valence-electron chi connectivity index (χ0n) is 15.3. The van der Waals surface area contributed by atoms with Crippen LogP contribution in [-0.2, 0) is 14.3 Å². The molecular formula is C22H21ClO4. The number of methoxy groups -OCH3 is 1. The van der Waals surface area contributed by atoms with E-state index >= 15 is 0 Å². The summed E-state index contributed by atoms with van der Waals surface area (Å²) in [6, 6.07) is 14.8. The van der Waals surface area contributed by atoms with Crippen LogP contribution < -0.4 is 4.74 Å². The van der Waals surface area contributed by atoms with Crippen LogP contribution in [0.2, 0.25) is 5.02 Å². The Kier molecular flexibility index (Phi) is 5.97. The molecule has 0 heterocycles. The molecule has 0 fully saturated rings. The monoisotopic (exact) mass is 384 g/mol. The quantitative estimate of drug-likeness (QED) is 0.555. The molecule has 5 heteroatoms. The van der Waals surface area contributed by atoms with E-state index in [9.17, 15) is 9.59 Å². The SMILES string of the molecule is CCOC(=O)[C@@H]1C(=O)C=C(c2cccc(OC)c2)C[C@@H]1c1cccc(Cl)c1. The number of halogens is 1. The van der Waals surface area contributed by atoms with Gasteiger partial charge in [0.05, 0.1) is 13.7 Å². The first-order chi connectivity index (χ1) is 13.0. The van der Waals surface area contributed by atoms with Crippen molar-refractivity contribution >= 4 is 28.9 Å². The van der Waals surface area contributed by atoms with Gasteiger partial charge in [-0.2, -0.15) is 0 Å². The summed E-state index contributed by atoms with van der Waals surface area (Å²) in [5.74, 6) is -1.22. The van der Waals surface area contributed by atoms with E-state index in [0.717, 1.165) is 16.7 Å². The van der Waals surface area contributed by atoms with Gasteiger partial charge in [0.2, 0.25) is 0 Å². The van der Waals surface area contributed by atoms with Crippen LogP contribution in [0.3, 0.4) is 0 Å². The van der Waals surface area contributed by atoms with Crippen LogP contribution in [0.25, 0.3) is 5.57 Å². The molecule has 0 spiro atoms. The molecule has 0 N–H and O–H groups in total. The van der Waals surface area contributed by atoms with Crippen LogP contribution in [0.15, 0.2) is 54.6 Å². The number of rotatable bonds is 5. The Hall–Kier alpha value is -2.59. The van der Waals surface area contributed by atoms with Crippen molar-refractivity contribution in [1.29, 1.82) is 0 Å². The lowest BCUT2D eigenvalue weighted by molar-refractivity contribution is -0.151. The van der Waals surface area contributed by atoms with Gasteiger partial charge in [0.15, 0.2) is 5.78 Å². The largest absolute Gasteiger partial charge is 0.497 e. The van der Waals surface area contributed by atoms with Crippen LogP contribution in [0.1, 0.15) is 30.4 Å². The van der Waals surface area contributed by atoms with Gasteiger partial charge in [0.25, 0.3) is 0 Å². The fraction of sp³-hybridized carbons (Fsp3) is 0.273. The fourth-order valence-corrected chi connectivity index (χ4v) is 3.66. The molecule has 2 aromatic carbocycles. The highest BCUT2D eigenvalue weighted by atomic mass is 35.5. The van der Waals surface area contributed by atoms with Crippen LogP contribution >= 0.6 is 11.6 Å². The highest BCUT2D eigenvalue weighted by molar-refractivity contribution is 6.30. The van der Waals surface area contributed by atoms with Crippen molar-refractivity contribution in [2.45, 2.75) is 19.3 Å². The van der Waals surface area contributed by atoms with Gasteiger partial charge in [-0.1, -0.05) is 35.9 Å². The predicted octanol–water partition coefficient (Wildman–Crippen LogP) is 4.67. The second-order valence-corrected chi connectivity index (χ2v) is 6.84. The molecule has 1 aliphatic carbocycles. The van der Waals surface area contributed by atoms with Gasteiger partial charge in [0.1, 0.15) is 11.7 Å². The lowest BCUT2D eigenvalue weighted by atomic mass is 9.73. The molecule has 0 bridgehead atoms. The predicted molar refractivity (Wildman–Crippen MR) is 105 cm³/mol. The van der Waals surface area contributed by atoms with Crippen molar-refractivity contribution in [1.82, 2.24) is 0 Å². The molecule has 2 atom stereocenters. The highest BCUT2D eigenvalue weighted by Crippen LogP contribution is 2.41. The van der Waals surface area contributed by atoms with E-state index < -0.39 is 11.9 Å². The maximum absolute atomic E-state index is 12.9. The Morgan fingerprint density at radius 3 is 2.67 bits per heavy atom. The minimum atomic E-state index is -0.863. The van der Waals surface area contributed by atoms with Crippen molar-refractivity contribution in [3.8, 4) is 5.75 Å². The lowest BCUT2D eigenvalue weighted by Crippen LogP contribution is -2.34. The zero-order valence-corrected chi connectivity index (χ0v) is 16.0. The average molecular weight is 385 g/mol. The van der Waals surface area contributed by atoms with Crippen LogP contribution in [0, 0.1) is 5.92 Å². The molecule has 0 aliphatic heterocycles. The van der Waals surface area contributed by atoms with E-state index in [1.807, 2.05) is 36.4 Å². The maximum Gasteiger partial charge on any atom is 0.317 e. The number of esters is 1. The van der Waals surface area contributed by atoms with E-state index in [4.69, 9.17) is 21.1 Å². The Morgan fingerprint density at radius 2 is 1.96 bits per heavy atom. The molecule has 2 aromatic rings. The maximum atomic E-state index is 12.9. The first-order valence-corrected chi connectivity index (χ1v) is 9.22. The molecule has 0 aromatic heterocycles. The third kappa shape index (κ3) is 4.22. The summed E-state index contributed by atoms with van der Waals surface area (Å²) < 4.78 is 10.5. The van der Waals surface area contributed by atoms with Crippen LogP contribution in [0.5, 0.6) is 5.75 Å². The van der Waals surface area contributed by atoms with Gasteiger partial charge in [-0.05, 0) is 60.4 Å². The van der Waals surface area contributed by atoms with Gasteiger partial charge in [-0.25, -0.2) is 0 Å². The van der Waals surface area contributed by atoms with Gasteiger partial charge in [-0.3, -0.25) is 9.59 Å². The zero-order chi connectivity index (χ0) is 19.4. The van der Waals surface area contributed by atoms with E-state index in [1.54, 1.807) is 32.2 Å². The molecule has 1 aliphatic rings. The van der Waals surface area contributed by atoms with Crippen molar-refractivity contribution in [2.24, 2.45) is 5.92 Å². The molecule has 0 radical (unpaired) electrons. The Bertz CT molecular complexity index is 887. The van der Waals surface area contributed by atoms with Gasteiger partial charge >= 0.3 is 5.97 Å². The minimum Gasteiger partial charge on any atom is -0.497 e. The third-order valence-electron chi connectivity index (χ3n) is 4.72. The number of carbonyl (C=O) groups excluding carboxylic acids is 2. The molecular weight excluding hydrogens is 364 g/mol. The summed E-state index contributed by atoms with van der Waals surface area (Å²) in [5.41, 5.74) is 2.61. The van der Waals surface area contributed by atoms with Crippen molar-refractivity contribution in [3.05, 3.63) is 70.8 Å². The summed E-state index contributed by atoms with van der Waals surface area (Å²) in [7, 11) is 1.60. The number of ketones is 1. The molecule has 4 nitrogen and oxygen atoms in total. The number of benzene rings is 2. The lowest BCUT2D eigenvalue weighted by Gasteiger charge is -2.29. The Labute approximate surface area is 163 Å². The second kappa shape index (κ2) is 8.40. The first kappa shape index (κ1) is 19.2. The van der Waals surface area contributed by atoms with E-state index in [-0.39, 0.29) is 18.3 Å². The molecule has 0 saturated heterocycles. The molecule has 0 unspecified atom stereocenters. The third-order valence-corrected chi connectivity index (χ3v) is 4.96. The van der Waals surface area contributed by atoms with Crippen molar-refractivity contribution in [2.75, 3.05) is 13.7 Å². The summed E-state index contributed by atoms with van der Waals surface area (Å²) in [4.78, 5) is 25.4. The molecule has 0 amide bonds. The van der Waals surface area contributed by atoms with E-state index in [0.29, 0.717) is 17.2 Å². The van der Waals surface area contributed by atoms with Gasteiger partial charge in [-0.15, -0.1) is 0 Å². The minimum absolute atomic E-state index is 0.233. The first-order valence-electron chi connectivity index (χ1n) is 8.84. The smallest absolute Gasteiger partial charge is 0.317 e. The summed E-state index contributed by atoms with van der Waals surface area (Å²) in [5, 5.41) is 0.569. The van der Waals surface area contributed by atoms with E-state index in [2.05, 4.69) is 0 Å². The Balaban J connectivity index is 2.03. The van der Waals surface area contributed by atoms with Gasteiger partial charge in [0, 0.05) is 10.9 Å². The van der Waals surface area contributed by atoms with Crippen molar-refractivity contribution < 1.29 is 19.1 Å². The number of allylic oxidation sites excluding steroid dienone is 2. The van der Waals surface area contributed by atoms with Crippen molar-refractivity contribution in [3.63, 3.8) is 0 Å². The highest BCUT2D eigenvalue weighted by Gasteiger charge is 2.39. The molecule has 27 heavy (non-hydrogen) atoms. The number of carbonyl (C=O) groups is 2. The summed E-state index contributed by atoms with van der Waals surface area (Å²) in [6.45, 7) is 1.97. The fourth-order valence-electron chi connectivity index (χ4n) is 3.46. The van der Waals surface area contributed by atoms with Gasteiger partial charge < -0.3 is 9.47 Å². The summed E-state index contributed by atoms with van der Waals surface area (Å²) >= 11 is 6.15. The second-order valence-electron chi connectivity index (χ2n) is 6.40. The normalized spacial score (nSPS) is 19.4. The average Bonchev–Trinajstić information content (AvgIpc) is 2.67. The molecule has 0 saturated carbocycles. The molecule has 3 rings (SSSR count). The van der Waals surface area contributed by atoms with Crippen LogP contribution in [0.4, 0.5) is 0 Å². The number of hydrogen-bond donors (Lipinski definition) is 0. The number of hydrogen-bond acceptors (Lipinski definition) is 4. The number of ether oxygens (including phenoxy) is 2. The standard InChI is InChI=1S/C22H21ClO4/c1-3-27-22(25)21-19(15-7-4-8-17(23)10-15)12-16(13-20(21)24)14-6-5-9-18(11-14)26-2/h4-11,13,19,21H,3,12H2,1-2H3/t19-,21+/m1/s1. The van der Waals surface area contributed by atoms with Crippen LogP contribution in [-0.4, -0.2) is 25.5 Å². The van der Waals surface area contributed by atoms with E-state index in [1.165, 1.54) is 0 Å². The summed E-state index contributed by atoms with van der Waals surface area (Å²) in [6.07, 6.45) is 2.08. The Morgan fingerprint density at radius 1 is 1.19 bits per heavy atom.